The molecule has 2 unspecified atom stereocenters. The Hall–Kier alpha value is -1.36. The molecule has 0 saturated carbocycles. The van der Waals surface area contributed by atoms with Gasteiger partial charge in [-0.05, 0) is 37.5 Å². The summed E-state index contributed by atoms with van der Waals surface area (Å²) < 4.78 is 0.745. The molecule has 2 rings (SSSR count). The Bertz CT molecular complexity index is 600. The fraction of sp³-hybridized carbons (Fsp3) is 0.353. The molecule has 0 aliphatic carbocycles. The predicted octanol–water partition coefficient (Wildman–Crippen LogP) is 3.96. The van der Waals surface area contributed by atoms with Crippen LogP contribution in [0.25, 0.3) is 0 Å². The summed E-state index contributed by atoms with van der Waals surface area (Å²) in [7, 11) is 0. The molecular weight excluding hydrogens is 318 g/mol. The monoisotopic (exact) mass is 337 g/mol. The van der Waals surface area contributed by atoms with Crippen molar-refractivity contribution in [3.8, 4) is 0 Å². The maximum absolute atomic E-state index is 11.9. The smallest absolute Gasteiger partial charge is 0.220 e. The average Bonchev–Trinajstić information content (AvgIpc) is 2.91. The molecule has 118 valence electrons. The van der Waals surface area contributed by atoms with Crippen molar-refractivity contribution in [2.75, 3.05) is 0 Å². The predicted molar refractivity (Wildman–Crippen MR) is 91.3 cm³/mol. The zero-order valence-electron chi connectivity index (χ0n) is 12.5. The lowest BCUT2D eigenvalue weighted by molar-refractivity contribution is -0.121. The lowest BCUT2D eigenvalue weighted by Crippen LogP contribution is -2.33. The van der Waals surface area contributed by atoms with E-state index in [1.807, 2.05) is 49.4 Å². The largest absolute Gasteiger partial charge is 0.388 e. The van der Waals surface area contributed by atoms with Gasteiger partial charge in [-0.15, -0.1) is 11.3 Å². The zero-order chi connectivity index (χ0) is 15.9. The normalized spacial score (nSPS) is 13.6. The standard InChI is InChI=1S/C17H20ClNO2S/c1-12(11-15(20)13-5-3-2-4-6-13)19-17(21)10-8-14-7-9-16(18)22-14/h2-7,9,12,15,20H,8,10-11H2,1H3,(H,19,21). The molecule has 22 heavy (non-hydrogen) atoms. The third-order valence-electron chi connectivity index (χ3n) is 3.40. The summed E-state index contributed by atoms with van der Waals surface area (Å²) in [6.45, 7) is 1.91. The number of aryl methyl sites for hydroxylation is 1. The summed E-state index contributed by atoms with van der Waals surface area (Å²) in [5, 5.41) is 13.1. The lowest BCUT2D eigenvalue weighted by atomic mass is 10.0. The van der Waals surface area contributed by atoms with Crippen LogP contribution in [0, 0.1) is 0 Å². The average molecular weight is 338 g/mol. The summed E-state index contributed by atoms with van der Waals surface area (Å²) in [4.78, 5) is 13.0. The number of halogens is 1. The molecule has 0 aliphatic rings. The van der Waals surface area contributed by atoms with Crippen LogP contribution in [0.3, 0.4) is 0 Å². The highest BCUT2D eigenvalue weighted by atomic mass is 35.5. The van der Waals surface area contributed by atoms with Crippen LogP contribution in [-0.2, 0) is 11.2 Å². The molecule has 1 aromatic carbocycles. The fourth-order valence-electron chi connectivity index (χ4n) is 2.27. The van der Waals surface area contributed by atoms with Gasteiger partial charge < -0.3 is 10.4 Å². The van der Waals surface area contributed by atoms with Gasteiger partial charge in [-0.25, -0.2) is 0 Å². The summed E-state index contributed by atoms with van der Waals surface area (Å²) in [6, 6.07) is 13.2. The second kappa shape index (κ2) is 8.32. The van der Waals surface area contributed by atoms with E-state index in [0.29, 0.717) is 19.3 Å². The van der Waals surface area contributed by atoms with Crippen LogP contribution in [0.15, 0.2) is 42.5 Å². The van der Waals surface area contributed by atoms with Crippen LogP contribution in [0.1, 0.15) is 36.3 Å². The van der Waals surface area contributed by atoms with Crippen LogP contribution in [0.4, 0.5) is 0 Å². The van der Waals surface area contributed by atoms with E-state index in [2.05, 4.69) is 5.32 Å². The Kier molecular flexibility index (Phi) is 6.43. The van der Waals surface area contributed by atoms with E-state index in [1.165, 1.54) is 11.3 Å². The molecule has 5 heteroatoms. The van der Waals surface area contributed by atoms with E-state index in [4.69, 9.17) is 11.6 Å². The summed E-state index contributed by atoms with van der Waals surface area (Å²) in [5.74, 6) is -0.00251. The Morgan fingerprint density at radius 2 is 2.00 bits per heavy atom. The van der Waals surface area contributed by atoms with E-state index < -0.39 is 6.10 Å². The Labute approximate surface area is 139 Å². The first-order chi connectivity index (χ1) is 10.5. The molecule has 0 aliphatic heterocycles. The molecule has 0 bridgehead atoms. The number of thiophene rings is 1. The zero-order valence-corrected chi connectivity index (χ0v) is 14.0. The van der Waals surface area contributed by atoms with Crippen LogP contribution in [0.2, 0.25) is 4.34 Å². The van der Waals surface area contributed by atoms with Gasteiger partial charge in [-0.1, -0.05) is 41.9 Å². The molecule has 2 atom stereocenters. The molecule has 1 heterocycles. The molecule has 0 fully saturated rings. The summed E-state index contributed by atoms with van der Waals surface area (Å²) >= 11 is 7.37. The number of aliphatic hydroxyl groups excluding tert-OH is 1. The fourth-order valence-corrected chi connectivity index (χ4v) is 3.36. The highest BCUT2D eigenvalue weighted by Gasteiger charge is 2.14. The first-order valence-electron chi connectivity index (χ1n) is 7.31. The van der Waals surface area contributed by atoms with Crippen LogP contribution in [0.5, 0.6) is 0 Å². The first kappa shape index (κ1) is 17.0. The summed E-state index contributed by atoms with van der Waals surface area (Å²) in [6.07, 6.45) is 1.06. The van der Waals surface area contributed by atoms with Crippen molar-refractivity contribution >= 4 is 28.8 Å². The van der Waals surface area contributed by atoms with Crippen LogP contribution in [-0.4, -0.2) is 17.1 Å². The molecule has 2 N–H and O–H groups in total. The Morgan fingerprint density at radius 1 is 1.27 bits per heavy atom. The van der Waals surface area contributed by atoms with Gasteiger partial charge in [0.15, 0.2) is 0 Å². The van der Waals surface area contributed by atoms with Crippen LogP contribution < -0.4 is 5.32 Å². The minimum absolute atomic E-state index is 0.00251. The van der Waals surface area contributed by atoms with Gasteiger partial charge in [0.2, 0.25) is 5.91 Å². The van der Waals surface area contributed by atoms with Crippen molar-refractivity contribution in [1.29, 1.82) is 0 Å². The van der Waals surface area contributed by atoms with Gasteiger partial charge in [0, 0.05) is 17.3 Å². The number of hydrogen-bond acceptors (Lipinski definition) is 3. The number of nitrogens with one attached hydrogen (secondary N) is 1. The molecule has 0 saturated heterocycles. The van der Waals surface area contributed by atoms with Gasteiger partial charge in [-0.2, -0.15) is 0 Å². The topological polar surface area (TPSA) is 49.3 Å². The highest BCUT2D eigenvalue weighted by Crippen LogP contribution is 2.22. The van der Waals surface area contributed by atoms with E-state index in [0.717, 1.165) is 14.8 Å². The summed E-state index contributed by atoms with van der Waals surface area (Å²) in [5.41, 5.74) is 0.872. The SMILES string of the molecule is CC(CC(O)c1ccccc1)NC(=O)CCc1ccc(Cl)s1. The number of amides is 1. The number of carbonyl (C=O) groups excluding carboxylic acids is 1. The van der Waals surface area contributed by atoms with E-state index in [1.54, 1.807) is 0 Å². The van der Waals surface area contributed by atoms with Crippen molar-refractivity contribution in [3.05, 3.63) is 57.2 Å². The maximum atomic E-state index is 11.9. The van der Waals surface area contributed by atoms with Crippen molar-refractivity contribution in [2.45, 2.75) is 38.3 Å². The Balaban J connectivity index is 1.74. The van der Waals surface area contributed by atoms with Crippen molar-refractivity contribution in [3.63, 3.8) is 0 Å². The third kappa shape index (κ3) is 5.44. The number of hydrogen-bond donors (Lipinski definition) is 2. The first-order valence-corrected chi connectivity index (χ1v) is 8.50. The van der Waals surface area contributed by atoms with Crippen molar-refractivity contribution in [1.82, 2.24) is 5.32 Å². The van der Waals surface area contributed by atoms with E-state index in [-0.39, 0.29) is 11.9 Å². The van der Waals surface area contributed by atoms with E-state index in [9.17, 15) is 9.90 Å². The van der Waals surface area contributed by atoms with Crippen molar-refractivity contribution in [2.24, 2.45) is 0 Å². The van der Waals surface area contributed by atoms with Gasteiger partial charge in [0.05, 0.1) is 10.4 Å². The minimum atomic E-state index is -0.562. The minimum Gasteiger partial charge on any atom is -0.388 e. The number of aliphatic hydroxyl groups is 1. The molecule has 1 amide bonds. The number of benzene rings is 1. The second-order valence-electron chi connectivity index (χ2n) is 5.34. The van der Waals surface area contributed by atoms with Gasteiger partial charge in [-0.3, -0.25) is 4.79 Å². The molecule has 3 nitrogen and oxygen atoms in total. The molecule has 1 aromatic heterocycles. The molecule has 2 aromatic rings. The number of rotatable bonds is 7. The molecule has 0 radical (unpaired) electrons. The highest BCUT2D eigenvalue weighted by molar-refractivity contribution is 7.16. The third-order valence-corrected chi connectivity index (χ3v) is 4.69. The van der Waals surface area contributed by atoms with Gasteiger partial charge >= 0.3 is 0 Å². The lowest BCUT2D eigenvalue weighted by Gasteiger charge is -2.18. The Morgan fingerprint density at radius 3 is 2.64 bits per heavy atom. The maximum Gasteiger partial charge on any atom is 0.220 e. The molecule has 0 spiro atoms. The quantitative estimate of drug-likeness (QED) is 0.803. The van der Waals surface area contributed by atoms with Crippen molar-refractivity contribution < 1.29 is 9.90 Å². The van der Waals surface area contributed by atoms with Gasteiger partial charge in [0.25, 0.3) is 0 Å². The second-order valence-corrected chi connectivity index (χ2v) is 7.14. The van der Waals surface area contributed by atoms with E-state index >= 15 is 0 Å². The van der Waals surface area contributed by atoms with Gasteiger partial charge in [0.1, 0.15) is 0 Å². The molecular formula is C17H20ClNO2S. The number of carbonyl (C=O) groups is 1. The van der Waals surface area contributed by atoms with Crippen LogP contribution >= 0.6 is 22.9 Å².